The fraction of sp³-hybridized carbons (Fsp3) is 0.667. The molecule has 2 saturated heterocycles. The Labute approximate surface area is 343 Å². The number of H-pyrrole nitrogens is 1. The van der Waals surface area contributed by atoms with Crippen LogP contribution in [0.3, 0.4) is 0 Å². The van der Waals surface area contributed by atoms with Gasteiger partial charge in [0.15, 0.2) is 5.78 Å². The van der Waals surface area contributed by atoms with Gasteiger partial charge in [0.2, 0.25) is 29.3 Å². The number of amides is 4. The van der Waals surface area contributed by atoms with Gasteiger partial charge in [0.25, 0.3) is 0 Å². The van der Waals surface area contributed by atoms with E-state index in [9.17, 15) is 28.8 Å². The van der Waals surface area contributed by atoms with Crippen LogP contribution in [0.4, 0.5) is 4.79 Å². The van der Waals surface area contributed by atoms with Crippen LogP contribution in [0.5, 0.6) is 0 Å². The van der Waals surface area contributed by atoms with Gasteiger partial charge in [-0.2, -0.15) is 5.21 Å². The molecule has 16 nitrogen and oxygen atoms in total. The summed E-state index contributed by atoms with van der Waals surface area (Å²) in [4.78, 5) is 78.3. The Morgan fingerprint density at radius 2 is 1.68 bits per heavy atom. The molecule has 18 heteroatoms. The molecule has 0 bridgehead atoms. The molecule has 314 valence electrons. The van der Waals surface area contributed by atoms with E-state index in [1.807, 2.05) is 51.1 Å². The summed E-state index contributed by atoms with van der Waals surface area (Å²) in [6.45, 7) is 7.89. The summed E-state index contributed by atoms with van der Waals surface area (Å²) in [5.41, 5.74) is 0.906. The number of tetrazole rings is 1. The number of Topliss-reactive ketones (excluding diaryl/α,β-unsaturated/α-hetero) is 2. The van der Waals surface area contributed by atoms with Crippen molar-refractivity contribution in [2.24, 2.45) is 11.8 Å². The number of likely N-dealkylation sites (N-methyl/N-ethyl adjacent to an activating group) is 1. The molecule has 1 saturated carbocycles. The van der Waals surface area contributed by atoms with Crippen molar-refractivity contribution in [3.05, 3.63) is 41.7 Å². The standard InChI is InChI=1S/C28H45N3O6S2.C11H14N6O/c1-5-10-21(24(33)19(4)32)29-25(34)22-15-28(38-13-9-14-39-28)17-31(22)26(35)23(20-11-7-6-8-12-20)30-27(36)37-16-18(2)3;1-12-7-9(18)13-10(11-14-16-17-15-11)8-5-3-2-4-6-8/h18,20-23H,5-17H2,1-4H3,(H,29,34)(H,30,36);2-6,10,12H,7H2,1H3,(H,13,18)(H,14,15,16,17). The van der Waals surface area contributed by atoms with Gasteiger partial charge in [-0.05, 0) is 61.6 Å². The number of likely N-dealkylation sites (tertiary alicyclic amines) is 1. The quantitative estimate of drug-likeness (QED) is 0.153. The summed E-state index contributed by atoms with van der Waals surface area (Å²) in [6, 6.07) is 6.64. The first kappa shape index (κ1) is 45.7. The van der Waals surface area contributed by atoms with Crippen LogP contribution in [0.15, 0.2) is 30.3 Å². The monoisotopic (exact) mass is 829 g/mol. The summed E-state index contributed by atoms with van der Waals surface area (Å²) < 4.78 is 5.06. The average molecular weight is 830 g/mol. The van der Waals surface area contributed by atoms with E-state index in [1.165, 1.54) is 6.92 Å². The van der Waals surface area contributed by atoms with E-state index in [1.54, 1.807) is 35.5 Å². The molecule has 1 aromatic carbocycles. The number of thioether (sulfide) groups is 2. The molecule has 4 atom stereocenters. The second-order valence-corrected chi connectivity index (χ2v) is 18.4. The molecular weight excluding hydrogens is 771 g/mol. The van der Waals surface area contributed by atoms with Crippen molar-refractivity contribution in [3.63, 3.8) is 0 Å². The summed E-state index contributed by atoms with van der Waals surface area (Å²) in [5.74, 6) is 0.463. The van der Waals surface area contributed by atoms with Crippen molar-refractivity contribution < 1.29 is 33.5 Å². The maximum Gasteiger partial charge on any atom is 0.407 e. The van der Waals surface area contributed by atoms with Gasteiger partial charge in [0, 0.05) is 19.9 Å². The molecule has 4 amide bonds. The Kier molecular flexibility index (Phi) is 18.3. The van der Waals surface area contributed by atoms with Gasteiger partial charge in [-0.3, -0.25) is 24.0 Å². The molecule has 3 fully saturated rings. The third-order valence-corrected chi connectivity index (χ3v) is 13.4. The first-order valence-corrected chi connectivity index (χ1v) is 21.9. The van der Waals surface area contributed by atoms with E-state index in [0.717, 1.165) is 55.6 Å². The zero-order chi connectivity index (χ0) is 41.4. The molecule has 2 aliphatic heterocycles. The molecule has 1 aliphatic carbocycles. The Morgan fingerprint density at radius 1 is 0.982 bits per heavy atom. The Morgan fingerprint density at radius 3 is 2.28 bits per heavy atom. The number of nitrogens with zero attached hydrogens (tertiary/aromatic N) is 4. The van der Waals surface area contributed by atoms with Crippen molar-refractivity contribution >= 4 is 58.9 Å². The lowest BCUT2D eigenvalue weighted by molar-refractivity contribution is -0.142. The number of carbonyl (C=O) groups excluding carboxylic acids is 6. The van der Waals surface area contributed by atoms with Gasteiger partial charge >= 0.3 is 6.09 Å². The Bertz CT molecular complexity index is 1620. The number of ether oxygens (including phenoxy) is 1. The molecule has 0 radical (unpaired) electrons. The average Bonchev–Trinajstić information content (AvgIpc) is 3.88. The number of rotatable bonds is 16. The number of nitrogens with one attached hydrogen (secondary N) is 5. The van der Waals surface area contributed by atoms with Gasteiger partial charge in [-0.25, -0.2) is 4.79 Å². The second-order valence-electron chi connectivity index (χ2n) is 15.1. The molecule has 57 heavy (non-hydrogen) atoms. The van der Waals surface area contributed by atoms with E-state index in [0.29, 0.717) is 31.6 Å². The van der Waals surface area contributed by atoms with E-state index >= 15 is 0 Å². The van der Waals surface area contributed by atoms with Crippen LogP contribution in [-0.4, -0.2) is 121 Å². The third-order valence-electron chi connectivity index (χ3n) is 10.1. The van der Waals surface area contributed by atoms with Crippen LogP contribution in [0.25, 0.3) is 0 Å². The number of carbonyl (C=O) groups is 6. The molecule has 4 unspecified atom stereocenters. The molecule has 1 spiro atoms. The summed E-state index contributed by atoms with van der Waals surface area (Å²) in [5, 5.41) is 25.1. The third kappa shape index (κ3) is 13.5. The fourth-order valence-corrected chi connectivity index (χ4v) is 10.6. The minimum atomic E-state index is -0.904. The number of hydrogen-bond donors (Lipinski definition) is 5. The molecular formula is C39H59N9O7S2. The maximum atomic E-state index is 14.2. The SMILES string of the molecule is CCCC(NC(=O)C1CC2(CN1C(=O)C(NC(=O)OCC(C)C)C1CCCCC1)SCCCS2)C(=O)C(C)=O.CNCC(=O)NC(c1ccccc1)c1nn[nH]n1. The number of benzene rings is 1. The lowest BCUT2D eigenvalue weighted by atomic mass is 9.83. The zero-order valence-corrected chi connectivity index (χ0v) is 35.3. The minimum Gasteiger partial charge on any atom is -0.449 e. The largest absolute Gasteiger partial charge is 0.449 e. The van der Waals surface area contributed by atoms with E-state index < -0.39 is 47.7 Å². The number of ketones is 2. The first-order valence-electron chi connectivity index (χ1n) is 20.0. The van der Waals surface area contributed by atoms with Gasteiger partial charge in [-0.15, -0.1) is 33.7 Å². The lowest BCUT2D eigenvalue weighted by Crippen LogP contribution is -2.57. The van der Waals surface area contributed by atoms with Gasteiger partial charge in [0.1, 0.15) is 18.1 Å². The highest BCUT2D eigenvalue weighted by molar-refractivity contribution is 8.18. The van der Waals surface area contributed by atoms with Gasteiger partial charge < -0.3 is 30.9 Å². The van der Waals surface area contributed by atoms with Crippen molar-refractivity contribution in [2.75, 3.05) is 38.2 Å². The number of alkyl carbamates (subject to hydrolysis) is 1. The van der Waals surface area contributed by atoms with E-state index in [-0.39, 0.29) is 40.9 Å². The van der Waals surface area contributed by atoms with Crippen LogP contribution >= 0.6 is 23.5 Å². The van der Waals surface area contributed by atoms with Crippen LogP contribution in [0.1, 0.15) is 103 Å². The van der Waals surface area contributed by atoms with Crippen LogP contribution in [-0.2, 0) is 28.7 Å². The second kappa shape index (κ2) is 22.8. The number of aromatic amines is 1. The Balaban J connectivity index is 0.000000332. The zero-order valence-electron chi connectivity index (χ0n) is 33.7. The highest BCUT2D eigenvalue weighted by Crippen LogP contribution is 2.50. The van der Waals surface area contributed by atoms with Crippen LogP contribution in [0.2, 0.25) is 0 Å². The lowest BCUT2D eigenvalue weighted by Gasteiger charge is -2.35. The normalized spacial score (nSPS) is 19.4. The minimum absolute atomic E-state index is 0.0306. The molecule has 5 N–H and O–H groups in total. The van der Waals surface area contributed by atoms with Crippen molar-refractivity contribution in [2.45, 2.75) is 114 Å². The number of hydrogen-bond acceptors (Lipinski definition) is 13. The predicted molar refractivity (Wildman–Crippen MR) is 219 cm³/mol. The van der Waals surface area contributed by atoms with Crippen molar-refractivity contribution in [3.8, 4) is 0 Å². The summed E-state index contributed by atoms with van der Waals surface area (Å²) in [6.07, 6.45) is 6.63. The molecule has 2 aromatic rings. The predicted octanol–water partition coefficient (Wildman–Crippen LogP) is 3.55. The summed E-state index contributed by atoms with van der Waals surface area (Å²) >= 11 is 3.57. The van der Waals surface area contributed by atoms with E-state index in [2.05, 4.69) is 41.9 Å². The fourth-order valence-electron chi connectivity index (χ4n) is 7.25. The van der Waals surface area contributed by atoms with Crippen LogP contribution in [0, 0.1) is 11.8 Å². The Hall–Kier alpha value is -4.03. The highest BCUT2D eigenvalue weighted by atomic mass is 32.2. The van der Waals surface area contributed by atoms with Gasteiger partial charge in [-0.1, -0.05) is 82.0 Å². The number of aromatic nitrogens is 4. The molecule has 1 aromatic heterocycles. The highest BCUT2D eigenvalue weighted by Gasteiger charge is 2.52. The first-order chi connectivity index (χ1) is 27.4. The van der Waals surface area contributed by atoms with E-state index in [4.69, 9.17) is 4.74 Å². The smallest absolute Gasteiger partial charge is 0.407 e. The topological polar surface area (TPSA) is 217 Å². The molecule has 3 aliphatic rings. The summed E-state index contributed by atoms with van der Waals surface area (Å²) in [7, 11) is 1.71. The molecule has 3 heterocycles. The molecule has 5 rings (SSSR count). The maximum absolute atomic E-state index is 14.2. The van der Waals surface area contributed by atoms with Crippen LogP contribution < -0.4 is 21.3 Å². The van der Waals surface area contributed by atoms with Gasteiger partial charge in [0.05, 0.1) is 23.3 Å². The van der Waals surface area contributed by atoms with Crippen molar-refractivity contribution in [1.29, 1.82) is 0 Å². The van der Waals surface area contributed by atoms with Crippen molar-refractivity contribution in [1.82, 2.24) is 46.8 Å².